The minimum atomic E-state index is -0.800. The molecule has 134 valence electrons. The van der Waals surface area contributed by atoms with E-state index in [1.807, 2.05) is 12.1 Å². The summed E-state index contributed by atoms with van der Waals surface area (Å²) in [5.74, 6) is 0.00260. The lowest BCUT2D eigenvalue weighted by molar-refractivity contribution is -0.154. The third-order valence-electron chi connectivity index (χ3n) is 4.58. The minimum absolute atomic E-state index is 0.0559. The monoisotopic (exact) mass is 345 g/mol. The maximum Gasteiger partial charge on any atom is 0.311 e. The van der Waals surface area contributed by atoms with E-state index < -0.39 is 12.1 Å². The second kappa shape index (κ2) is 7.59. The Labute approximate surface area is 146 Å². The van der Waals surface area contributed by atoms with Crippen molar-refractivity contribution in [2.75, 3.05) is 7.11 Å². The van der Waals surface area contributed by atoms with Crippen molar-refractivity contribution in [1.29, 1.82) is 0 Å². The van der Waals surface area contributed by atoms with Gasteiger partial charge < -0.3 is 19.2 Å². The Hall–Kier alpha value is -2.50. The number of nitrogens with one attached hydrogen (secondary N) is 1. The number of methoxy groups -OCH3 is 1. The molecule has 25 heavy (non-hydrogen) atoms. The summed E-state index contributed by atoms with van der Waals surface area (Å²) in [6, 6.07) is 5.63. The first-order valence-corrected chi connectivity index (χ1v) is 8.61. The Morgan fingerprint density at radius 2 is 2.08 bits per heavy atom. The largest absolute Gasteiger partial charge is 0.497 e. The van der Waals surface area contributed by atoms with Crippen LogP contribution in [0.2, 0.25) is 0 Å². The highest BCUT2D eigenvalue weighted by molar-refractivity contribution is 5.88. The lowest BCUT2D eigenvalue weighted by atomic mass is 10.1. The summed E-state index contributed by atoms with van der Waals surface area (Å²) in [4.78, 5) is 24.3. The second-order valence-corrected chi connectivity index (χ2v) is 6.42. The van der Waals surface area contributed by atoms with Crippen molar-refractivity contribution in [2.24, 2.45) is 0 Å². The third-order valence-corrected chi connectivity index (χ3v) is 4.58. The molecule has 1 saturated carbocycles. The SMILES string of the molecule is COc1ccc2c(CC(=O)OC(C)C(=O)NC3CCCC3)coc2c1. The molecule has 6 heteroatoms. The van der Waals surface area contributed by atoms with E-state index in [2.05, 4.69) is 5.32 Å². The Kier molecular flexibility index (Phi) is 5.26. The van der Waals surface area contributed by atoms with Gasteiger partial charge in [-0.15, -0.1) is 0 Å². The Morgan fingerprint density at radius 3 is 2.80 bits per heavy atom. The normalized spacial score (nSPS) is 15.9. The van der Waals surface area contributed by atoms with Gasteiger partial charge in [-0.2, -0.15) is 0 Å². The van der Waals surface area contributed by atoms with Crippen molar-refractivity contribution in [3.63, 3.8) is 0 Å². The molecule has 1 amide bonds. The topological polar surface area (TPSA) is 77.8 Å². The van der Waals surface area contributed by atoms with Gasteiger partial charge in [-0.25, -0.2) is 0 Å². The van der Waals surface area contributed by atoms with Gasteiger partial charge in [0.05, 0.1) is 19.8 Å². The lowest BCUT2D eigenvalue weighted by Crippen LogP contribution is -2.41. The molecule has 1 atom stereocenters. The molecular formula is C19H23NO5. The van der Waals surface area contributed by atoms with E-state index in [4.69, 9.17) is 13.9 Å². The summed E-state index contributed by atoms with van der Waals surface area (Å²) in [7, 11) is 1.58. The van der Waals surface area contributed by atoms with Crippen LogP contribution in [0.3, 0.4) is 0 Å². The summed E-state index contributed by atoms with van der Waals surface area (Å²) in [5.41, 5.74) is 1.38. The number of rotatable bonds is 6. The van der Waals surface area contributed by atoms with Gasteiger partial charge in [-0.1, -0.05) is 12.8 Å². The molecule has 0 saturated heterocycles. The smallest absolute Gasteiger partial charge is 0.311 e. The van der Waals surface area contributed by atoms with Crippen LogP contribution in [0, 0.1) is 0 Å². The molecule has 6 nitrogen and oxygen atoms in total. The molecule has 1 fully saturated rings. The highest BCUT2D eigenvalue weighted by Crippen LogP contribution is 2.26. The maximum absolute atomic E-state index is 12.2. The predicted octanol–water partition coefficient (Wildman–Crippen LogP) is 2.97. The molecule has 3 rings (SSSR count). The van der Waals surface area contributed by atoms with Gasteiger partial charge in [0.25, 0.3) is 5.91 Å². The molecule has 1 aliphatic rings. The van der Waals surface area contributed by atoms with Crippen LogP contribution >= 0.6 is 0 Å². The Morgan fingerprint density at radius 1 is 1.32 bits per heavy atom. The van der Waals surface area contributed by atoms with Crippen molar-refractivity contribution in [3.8, 4) is 5.75 Å². The van der Waals surface area contributed by atoms with Gasteiger partial charge in [0.1, 0.15) is 11.3 Å². The first-order valence-electron chi connectivity index (χ1n) is 8.61. The molecule has 1 aliphatic carbocycles. The molecule has 1 heterocycles. The quantitative estimate of drug-likeness (QED) is 0.815. The fourth-order valence-corrected chi connectivity index (χ4v) is 3.16. The van der Waals surface area contributed by atoms with Crippen molar-refractivity contribution in [1.82, 2.24) is 5.32 Å². The van der Waals surface area contributed by atoms with Gasteiger partial charge >= 0.3 is 5.97 Å². The molecule has 1 aromatic heterocycles. The summed E-state index contributed by atoms with van der Waals surface area (Å²) >= 11 is 0. The molecule has 1 N–H and O–H groups in total. The van der Waals surface area contributed by atoms with E-state index in [1.54, 1.807) is 20.1 Å². The summed E-state index contributed by atoms with van der Waals surface area (Å²) in [5, 5.41) is 3.77. The van der Waals surface area contributed by atoms with Crippen LogP contribution in [0.5, 0.6) is 5.75 Å². The standard InChI is InChI=1S/C19H23NO5/c1-12(19(22)20-14-5-3-4-6-14)25-18(21)9-13-11-24-17-10-15(23-2)7-8-16(13)17/h7-8,10-12,14H,3-6,9H2,1-2H3,(H,20,22). The zero-order valence-electron chi connectivity index (χ0n) is 14.5. The number of esters is 1. The lowest BCUT2D eigenvalue weighted by Gasteiger charge is -2.17. The number of fused-ring (bicyclic) bond motifs is 1. The number of hydrogen-bond donors (Lipinski definition) is 1. The van der Waals surface area contributed by atoms with E-state index in [0.717, 1.165) is 36.6 Å². The van der Waals surface area contributed by atoms with Crippen LogP contribution in [0.25, 0.3) is 11.0 Å². The van der Waals surface area contributed by atoms with Gasteiger partial charge in [0.2, 0.25) is 0 Å². The molecule has 1 unspecified atom stereocenters. The molecule has 0 aliphatic heterocycles. The Bertz CT molecular complexity index is 760. The number of amides is 1. The van der Waals surface area contributed by atoms with Gasteiger partial charge in [0.15, 0.2) is 6.10 Å². The highest BCUT2D eigenvalue weighted by atomic mass is 16.5. The first-order chi connectivity index (χ1) is 12.1. The molecule has 1 aromatic carbocycles. The molecule has 2 aromatic rings. The maximum atomic E-state index is 12.2. The number of benzene rings is 1. The predicted molar refractivity (Wildman–Crippen MR) is 92.4 cm³/mol. The highest BCUT2D eigenvalue weighted by Gasteiger charge is 2.23. The van der Waals surface area contributed by atoms with Crippen LogP contribution in [0.15, 0.2) is 28.9 Å². The van der Waals surface area contributed by atoms with E-state index in [0.29, 0.717) is 11.3 Å². The summed E-state index contributed by atoms with van der Waals surface area (Å²) < 4.78 is 15.9. The van der Waals surface area contributed by atoms with Gasteiger partial charge in [-0.05, 0) is 31.9 Å². The molecular weight excluding hydrogens is 322 g/mol. The van der Waals surface area contributed by atoms with Crippen LogP contribution in [0.1, 0.15) is 38.2 Å². The van der Waals surface area contributed by atoms with Crippen molar-refractivity contribution in [3.05, 3.63) is 30.0 Å². The summed E-state index contributed by atoms with van der Waals surface area (Å²) in [6.45, 7) is 1.60. The van der Waals surface area contributed by atoms with E-state index in [-0.39, 0.29) is 18.4 Å². The molecule has 0 bridgehead atoms. The van der Waals surface area contributed by atoms with Crippen LogP contribution in [0.4, 0.5) is 0 Å². The van der Waals surface area contributed by atoms with E-state index >= 15 is 0 Å². The number of ether oxygens (including phenoxy) is 2. The average molecular weight is 345 g/mol. The van der Waals surface area contributed by atoms with E-state index in [9.17, 15) is 9.59 Å². The number of carbonyl (C=O) groups is 2. The number of hydrogen-bond acceptors (Lipinski definition) is 5. The molecule has 0 radical (unpaired) electrons. The molecule has 0 spiro atoms. The zero-order valence-corrected chi connectivity index (χ0v) is 14.5. The zero-order chi connectivity index (χ0) is 17.8. The van der Waals surface area contributed by atoms with Gasteiger partial charge in [0, 0.05) is 23.1 Å². The first kappa shape index (κ1) is 17.3. The van der Waals surface area contributed by atoms with E-state index in [1.165, 1.54) is 6.26 Å². The summed E-state index contributed by atoms with van der Waals surface area (Å²) in [6.07, 6.45) is 5.06. The van der Waals surface area contributed by atoms with Crippen LogP contribution in [-0.2, 0) is 20.7 Å². The number of furan rings is 1. The van der Waals surface area contributed by atoms with Gasteiger partial charge in [-0.3, -0.25) is 9.59 Å². The second-order valence-electron chi connectivity index (χ2n) is 6.42. The fourth-order valence-electron chi connectivity index (χ4n) is 3.16. The fraction of sp³-hybridized carbons (Fsp3) is 0.474. The van der Waals surface area contributed by atoms with Crippen LogP contribution in [-0.4, -0.2) is 31.1 Å². The van der Waals surface area contributed by atoms with Crippen molar-refractivity contribution >= 4 is 22.8 Å². The van der Waals surface area contributed by atoms with Crippen molar-refractivity contribution in [2.45, 2.75) is 51.2 Å². The minimum Gasteiger partial charge on any atom is -0.497 e. The Balaban J connectivity index is 1.57. The average Bonchev–Trinajstić information content (AvgIpc) is 3.24. The number of carbonyl (C=O) groups excluding carboxylic acids is 2. The van der Waals surface area contributed by atoms with Crippen LogP contribution < -0.4 is 10.1 Å². The van der Waals surface area contributed by atoms with Crippen molar-refractivity contribution < 1.29 is 23.5 Å². The third kappa shape index (κ3) is 4.13.